The molecule has 1 aliphatic heterocycles. The molecule has 1 saturated heterocycles. The molecule has 8 heteroatoms. The second-order valence-electron chi connectivity index (χ2n) is 4.03. The monoisotopic (exact) mass is 330 g/mol. The fourth-order valence-electron chi connectivity index (χ4n) is 1.66. The Morgan fingerprint density at radius 3 is 2.39 bits per heavy atom. The lowest BCUT2D eigenvalue weighted by molar-refractivity contribution is -0.137. The van der Waals surface area contributed by atoms with Crippen LogP contribution in [0.3, 0.4) is 0 Å². The van der Waals surface area contributed by atoms with Crippen LogP contribution in [0.15, 0.2) is 16.7 Å². The van der Waals surface area contributed by atoms with Crippen LogP contribution >= 0.6 is 15.9 Å². The van der Waals surface area contributed by atoms with Crippen molar-refractivity contribution < 1.29 is 22.0 Å². The number of pyridine rings is 1. The van der Waals surface area contributed by atoms with Crippen LogP contribution in [-0.4, -0.2) is 24.5 Å². The molecule has 2 rings (SSSR count). The summed E-state index contributed by atoms with van der Waals surface area (Å²) in [7, 11) is 0. The third-order valence-corrected chi connectivity index (χ3v) is 3.30. The predicted octanol–water partition coefficient (Wildman–Crippen LogP) is 3.56. The summed E-state index contributed by atoms with van der Waals surface area (Å²) in [6.45, 7) is 0.212. The molecule has 0 aliphatic carbocycles. The lowest BCUT2D eigenvalue weighted by Crippen LogP contribution is -2.50. The Labute approximate surface area is 108 Å². The third kappa shape index (κ3) is 2.57. The maximum Gasteiger partial charge on any atom is 0.417 e. The van der Waals surface area contributed by atoms with Gasteiger partial charge in [-0.2, -0.15) is 13.2 Å². The minimum absolute atomic E-state index is 0.106. The van der Waals surface area contributed by atoms with Crippen molar-refractivity contribution in [2.45, 2.75) is 12.6 Å². The summed E-state index contributed by atoms with van der Waals surface area (Å²) in [5.74, 6) is -0.471. The molecule has 0 aromatic carbocycles. The molecule has 1 aromatic rings. The van der Waals surface area contributed by atoms with E-state index < -0.39 is 24.1 Å². The zero-order chi connectivity index (χ0) is 13.5. The molecule has 100 valence electrons. The molecule has 0 spiro atoms. The molecule has 0 saturated carbocycles. The number of alkyl halides is 5. The molecular formula is C10H8BrF5N2. The predicted molar refractivity (Wildman–Crippen MR) is 58.6 cm³/mol. The summed E-state index contributed by atoms with van der Waals surface area (Å²) in [6, 6.07) is 0.901. The van der Waals surface area contributed by atoms with Gasteiger partial charge in [0, 0.05) is 19.3 Å². The molecule has 0 amide bonds. The average Bonchev–Trinajstić information content (AvgIpc) is 2.15. The number of rotatable bonds is 2. The first-order valence-electron chi connectivity index (χ1n) is 5.05. The zero-order valence-corrected chi connectivity index (χ0v) is 10.5. The van der Waals surface area contributed by atoms with Crippen LogP contribution in [0.25, 0.3) is 0 Å². The SMILES string of the molecule is FC(F)C1CN(c2ncc(C(F)(F)F)cc2Br)C1. The largest absolute Gasteiger partial charge is 0.417 e. The van der Waals surface area contributed by atoms with E-state index in [2.05, 4.69) is 20.9 Å². The molecule has 18 heavy (non-hydrogen) atoms. The lowest BCUT2D eigenvalue weighted by Gasteiger charge is -2.40. The van der Waals surface area contributed by atoms with Crippen molar-refractivity contribution in [3.05, 3.63) is 22.3 Å². The highest BCUT2D eigenvalue weighted by Crippen LogP contribution is 2.36. The third-order valence-electron chi connectivity index (χ3n) is 2.71. The van der Waals surface area contributed by atoms with Crippen LogP contribution in [-0.2, 0) is 6.18 Å². The summed E-state index contributed by atoms with van der Waals surface area (Å²) in [4.78, 5) is 5.19. The molecule has 0 unspecified atom stereocenters. The van der Waals surface area contributed by atoms with Gasteiger partial charge in [-0.25, -0.2) is 13.8 Å². The highest BCUT2D eigenvalue weighted by atomic mass is 79.9. The van der Waals surface area contributed by atoms with Crippen molar-refractivity contribution in [1.29, 1.82) is 0 Å². The van der Waals surface area contributed by atoms with Crippen LogP contribution in [0.5, 0.6) is 0 Å². The van der Waals surface area contributed by atoms with Crippen LogP contribution in [0.4, 0.5) is 27.8 Å². The maximum absolute atomic E-state index is 12.4. The lowest BCUT2D eigenvalue weighted by atomic mass is 10.0. The molecule has 2 nitrogen and oxygen atoms in total. The van der Waals surface area contributed by atoms with E-state index >= 15 is 0 Å². The summed E-state index contributed by atoms with van der Waals surface area (Å²) in [5, 5.41) is 0. The standard InChI is InChI=1S/C10H8BrF5N2/c11-7-1-6(10(14,15)16)2-17-9(7)18-3-5(4-18)8(12)13/h1-2,5,8H,3-4H2. The summed E-state index contributed by atoms with van der Waals surface area (Å²) < 4.78 is 61.9. The first kappa shape index (κ1) is 13.5. The highest BCUT2D eigenvalue weighted by molar-refractivity contribution is 9.10. The molecule has 0 atom stereocenters. The van der Waals surface area contributed by atoms with Gasteiger partial charge in [-0.05, 0) is 22.0 Å². The number of halogens is 6. The van der Waals surface area contributed by atoms with Crippen molar-refractivity contribution in [3.8, 4) is 0 Å². The van der Waals surface area contributed by atoms with Crippen molar-refractivity contribution in [1.82, 2.24) is 4.98 Å². The van der Waals surface area contributed by atoms with E-state index in [4.69, 9.17) is 0 Å². The second kappa shape index (κ2) is 4.64. The zero-order valence-electron chi connectivity index (χ0n) is 8.89. The molecular weight excluding hydrogens is 323 g/mol. The molecule has 1 aromatic heterocycles. The minimum atomic E-state index is -4.46. The first-order valence-corrected chi connectivity index (χ1v) is 5.84. The molecule has 0 radical (unpaired) electrons. The van der Waals surface area contributed by atoms with E-state index in [1.165, 1.54) is 4.90 Å². The van der Waals surface area contributed by atoms with Gasteiger partial charge in [0.05, 0.1) is 16.0 Å². The van der Waals surface area contributed by atoms with Crippen molar-refractivity contribution >= 4 is 21.7 Å². The Morgan fingerprint density at radius 1 is 1.33 bits per heavy atom. The van der Waals surface area contributed by atoms with Crippen LogP contribution < -0.4 is 4.90 Å². The number of aromatic nitrogens is 1. The van der Waals surface area contributed by atoms with E-state index in [-0.39, 0.29) is 23.4 Å². The van der Waals surface area contributed by atoms with Crippen molar-refractivity contribution in [2.75, 3.05) is 18.0 Å². The minimum Gasteiger partial charge on any atom is -0.355 e. The Morgan fingerprint density at radius 2 is 1.94 bits per heavy atom. The second-order valence-corrected chi connectivity index (χ2v) is 4.88. The normalized spacial score (nSPS) is 17.2. The molecule has 0 N–H and O–H groups in total. The Hall–Kier alpha value is -0.920. The van der Waals surface area contributed by atoms with Gasteiger partial charge >= 0.3 is 6.18 Å². The van der Waals surface area contributed by atoms with Gasteiger partial charge in [-0.3, -0.25) is 0 Å². The van der Waals surface area contributed by atoms with E-state index in [1.807, 2.05) is 0 Å². The average molecular weight is 331 g/mol. The van der Waals surface area contributed by atoms with Crippen LogP contribution in [0, 0.1) is 5.92 Å². The van der Waals surface area contributed by atoms with Gasteiger partial charge in [-0.1, -0.05) is 0 Å². The number of hydrogen-bond acceptors (Lipinski definition) is 2. The Kier molecular flexibility index (Phi) is 3.48. The summed E-state index contributed by atoms with van der Waals surface area (Å²) >= 11 is 2.98. The van der Waals surface area contributed by atoms with Gasteiger partial charge in [0.15, 0.2) is 0 Å². The van der Waals surface area contributed by atoms with Gasteiger partial charge in [-0.15, -0.1) is 0 Å². The van der Waals surface area contributed by atoms with Crippen LogP contribution in [0.2, 0.25) is 0 Å². The van der Waals surface area contributed by atoms with E-state index in [0.29, 0.717) is 6.20 Å². The van der Waals surface area contributed by atoms with E-state index in [9.17, 15) is 22.0 Å². The fraction of sp³-hybridized carbons (Fsp3) is 0.500. The Balaban J connectivity index is 2.13. The van der Waals surface area contributed by atoms with E-state index in [1.54, 1.807) is 0 Å². The number of anilines is 1. The van der Waals surface area contributed by atoms with Gasteiger partial charge < -0.3 is 4.90 Å². The van der Waals surface area contributed by atoms with Gasteiger partial charge in [0.1, 0.15) is 5.82 Å². The molecule has 2 heterocycles. The van der Waals surface area contributed by atoms with Crippen LogP contribution in [0.1, 0.15) is 5.56 Å². The van der Waals surface area contributed by atoms with E-state index in [0.717, 1.165) is 6.07 Å². The number of nitrogens with zero attached hydrogens (tertiary/aromatic N) is 2. The van der Waals surface area contributed by atoms with Crippen molar-refractivity contribution in [3.63, 3.8) is 0 Å². The molecule has 1 fully saturated rings. The topological polar surface area (TPSA) is 16.1 Å². The number of hydrogen-bond donors (Lipinski definition) is 0. The fourth-order valence-corrected chi connectivity index (χ4v) is 2.26. The molecule has 1 aliphatic rings. The Bertz CT molecular complexity index is 442. The van der Waals surface area contributed by atoms with Gasteiger partial charge in [0.2, 0.25) is 6.43 Å². The van der Waals surface area contributed by atoms with Gasteiger partial charge in [0.25, 0.3) is 0 Å². The maximum atomic E-state index is 12.4. The summed E-state index contributed by atoms with van der Waals surface area (Å²) in [6.07, 6.45) is -6.17. The molecule has 0 bridgehead atoms. The first-order chi connectivity index (χ1) is 8.29. The van der Waals surface area contributed by atoms with Crippen molar-refractivity contribution in [2.24, 2.45) is 5.92 Å². The quantitative estimate of drug-likeness (QED) is 0.771. The summed E-state index contributed by atoms with van der Waals surface area (Å²) in [5.41, 5.74) is -0.871. The smallest absolute Gasteiger partial charge is 0.355 e. The highest BCUT2D eigenvalue weighted by Gasteiger charge is 2.37.